The van der Waals surface area contributed by atoms with Crippen LogP contribution in [0, 0.1) is 13.8 Å². The van der Waals surface area contributed by atoms with Gasteiger partial charge in [0.1, 0.15) is 5.75 Å². The van der Waals surface area contributed by atoms with E-state index in [0.29, 0.717) is 0 Å². The SMILES string of the molecule is COc1ccc(CC(Cc2cc(C)cc(C)c2)NN)cc1. The number of nitrogens with two attached hydrogens (primary N) is 1. The molecule has 0 aliphatic rings. The fourth-order valence-electron chi connectivity index (χ4n) is 2.71. The van der Waals surface area contributed by atoms with Crippen molar-refractivity contribution >= 4 is 0 Å². The number of methoxy groups -OCH3 is 1. The van der Waals surface area contributed by atoms with Crippen molar-refractivity contribution in [2.45, 2.75) is 32.7 Å². The monoisotopic (exact) mass is 284 g/mol. The van der Waals surface area contributed by atoms with Crippen molar-refractivity contribution in [2.75, 3.05) is 7.11 Å². The lowest BCUT2D eigenvalue weighted by molar-refractivity contribution is 0.414. The third kappa shape index (κ3) is 4.59. The smallest absolute Gasteiger partial charge is 0.118 e. The Kier molecular flexibility index (Phi) is 5.37. The lowest BCUT2D eigenvalue weighted by atomic mass is 9.97. The van der Waals surface area contributed by atoms with E-state index in [1.807, 2.05) is 12.1 Å². The van der Waals surface area contributed by atoms with E-state index in [0.717, 1.165) is 18.6 Å². The summed E-state index contributed by atoms with van der Waals surface area (Å²) in [5, 5.41) is 0. The van der Waals surface area contributed by atoms with Crippen LogP contribution in [0.1, 0.15) is 22.3 Å². The molecule has 0 heterocycles. The van der Waals surface area contributed by atoms with Crippen LogP contribution in [0.15, 0.2) is 42.5 Å². The van der Waals surface area contributed by atoms with Crippen LogP contribution in [0.5, 0.6) is 5.75 Å². The van der Waals surface area contributed by atoms with E-state index in [1.54, 1.807) is 7.11 Å². The number of hydrogen-bond donors (Lipinski definition) is 2. The summed E-state index contributed by atoms with van der Waals surface area (Å²) in [4.78, 5) is 0. The van der Waals surface area contributed by atoms with Crippen LogP contribution in [-0.4, -0.2) is 13.2 Å². The minimum atomic E-state index is 0.222. The average Bonchev–Trinajstić information content (AvgIpc) is 2.46. The van der Waals surface area contributed by atoms with Gasteiger partial charge in [-0.3, -0.25) is 11.3 Å². The summed E-state index contributed by atoms with van der Waals surface area (Å²) in [7, 11) is 1.68. The van der Waals surface area contributed by atoms with Gasteiger partial charge in [-0.25, -0.2) is 0 Å². The lowest BCUT2D eigenvalue weighted by Crippen LogP contribution is -2.38. The van der Waals surface area contributed by atoms with Gasteiger partial charge in [0, 0.05) is 6.04 Å². The van der Waals surface area contributed by atoms with Crippen molar-refractivity contribution in [3.63, 3.8) is 0 Å². The number of rotatable bonds is 6. The molecule has 0 aromatic heterocycles. The molecule has 21 heavy (non-hydrogen) atoms. The number of hydrogen-bond acceptors (Lipinski definition) is 3. The molecular weight excluding hydrogens is 260 g/mol. The van der Waals surface area contributed by atoms with Crippen molar-refractivity contribution < 1.29 is 4.74 Å². The summed E-state index contributed by atoms with van der Waals surface area (Å²) >= 11 is 0. The highest BCUT2D eigenvalue weighted by Crippen LogP contribution is 2.15. The molecule has 3 heteroatoms. The molecule has 0 amide bonds. The van der Waals surface area contributed by atoms with Gasteiger partial charge in [0.2, 0.25) is 0 Å². The molecule has 0 aliphatic heterocycles. The van der Waals surface area contributed by atoms with Crippen molar-refractivity contribution in [1.29, 1.82) is 0 Å². The minimum Gasteiger partial charge on any atom is -0.497 e. The Balaban J connectivity index is 2.05. The molecule has 0 aliphatic carbocycles. The molecule has 0 saturated heterocycles. The van der Waals surface area contributed by atoms with Crippen LogP contribution in [0.2, 0.25) is 0 Å². The molecule has 2 rings (SSSR count). The molecule has 0 fully saturated rings. The maximum absolute atomic E-state index is 5.73. The Morgan fingerprint density at radius 1 is 0.952 bits per heavy atom. The summed E-state index contributed by atoms with van der Waals surface area (Å²) < 4.78 is 5.18. The first-order valence-electron chi connectivity index (χ1n) is 7.27. The van der Waals surface area contributed by atoms with Gasteiger partial charge < -0.3 is 4.74 Å². The van der Waals surface area contributed by atoms with Crippen LogP contribution in [0.3, 0.4) is 0 Å². The number of ether oxygens (including phenoxy) is 1. The zero-order valence-corrected chi connectivity index (χ0v) is 13.0. The van der Waals surface area contributed by atoms with Gasteiger partial charge in [-0.15, -0.1) is 0 Å². The highest BCUT2D eigenvalue weighted by Gasteiger charge is 2.10. The van der Waals surface area contributed by atoms with Crippen molar-refractivity contribution in [1.82, 2.24) is 5.43 Å². The first-order chi connectivity index (χ1) is 10.1. The second kappa shape index (κ2) is 7.25. The quantitative estimate of drug-likeness (QED) is 0.633. The van der Waals surface area contributed by atoms with Crippen LogP contribution < -0.4 is 16.0 Å². The summed E-state index contributed by atoms with van der Waals surface area (Å²) in [5.41, 5.74) is 8.10. The fourth-order valence-corrected chi connectivity index (χ4v) is 2.71. The maximum Gasteiger partial charge on any atom is 0.118 e. The van der Waals surface area contributed by atoms with Gasteiger partial charge in [0.25, 0.3) is 0 Å². The first-order valence-corrected chi connectivity index (χ1v) is 7.27. The molecule has 2 aromatic carbocycles. The second-order valence-electron chi connectivity index (χ2n) is 5.62. The summed E-state index contributed by atoms with van der Waals surface area (Å²) in [5.74, 6) is 6.61. The Labute approximate surface area is 127 Å². The van der Waals surface area contributed by atoms with E-state index in [9.17, 15) is 0 Å². The molecule has 0 bridgehead atoms. The zero-order valence-electron chi connectivity index (χ0n) is 13.0. The van der Waals surface area contributed by atoms with E-state index in [1.165, 1.54) is 22.3 Å². The van der Waals surface area contributed by atoms with E-state index in [-0.39, 0.29) is 6.04 Å². The minimum absolute atomic E-state index is 0.222. The van der Waals surface area contributed by atoms with Gasteiger partial charge in [-0.1, -0.05) is 41.5 Å². The predicted molar refractivity (Wildman–Crippen MR) is 87.4 cm³/mol. The molecule has 3 N–H and O–H groups in total. The first kappa shape index (κ1) is 15.5. The summed E-state index contributed by atoms with van der Waals surface area (Å²) in [6.45, 7) is 4.26. The van der Waals surface area contributed by atoms with Gasteiger partial charge in [0.15, 0.2) is 0 Å². The summed E-state index contributed by atoms with van der Waals surface area (Å²) in [6.07, 6.45) is 1.82. The number of nitrogens with one attached hydrogen (secondary N) is 1. The second-order valence-corrected chi connectivity index (χ2v) is 5.62. The van der Waals surface area contributed by atoms with Crippen molar-refractivity contribution in [3.8, 4) is 5.75 Å². The van der Waals surface area contributed by atoms with E-state index < -0.39 is 0 Å². The maximum atomic E-state index is 5.73. The van der Waals surface area contributed by atoms with Crippen molar-refractivity contribution in [3.05, 3.63) is 64.7 Å². The third-order valence-corrected chi connectivity index (χ3v) is 3.64. The molecule has 0 spiro atoms. The normalized spacial score (nSPS) is 12.2. The topological polar surface area (TPSA) is 47.3 Å². The van der Waals surface area contributed by atoms with Crippen LogP contribution in [-0.2, 0) is 12.8 Å². The molecule has 3 nitrogen and oxygen atoms in total. The number of benzene rings is 2. The highest BCUT2D eigenvalue weighted by molar-refractivity contribution is 5.30. The van der Waals surface area contributed by atoms with E-state index in [4.69, 9.17) is 10.6 Å². The van der Waals surface area contributed by atoms with E-state index in [2.05, 4.69) is 49.6 Å². The molecule has 0 saturated carbocycles. The van der Waals surface area contributed by atoms with E-state index >= 15 is 0 Å². The van der Waals surface area contributed by atoms with Crippen LogP contribution >= 0.6 is 0 Å². The zero-order chi connectivity index (χ0) is 15.2. The number of hydrazine groups is 1. The van der Waals surface area contributed by atoms with Gasteiger partial charge in [0.05, 0.1) is 7.11 Å². The molecule has 1 unspecified atom stereocenters. The molecule has 112 valence electrons. The largest absolute Gasteiger partial charge is 0.497 e. The predicted octanol–water partition coefficient (Wildman–Crippen LogP) is 2.93. The Hall–Kier alpha value is -1.84. The fraction of sp³-hybridized carbons (Fsp3) is 0.333. The third-order valence-electron chi connectivity index (χ3n) is 3.64. The lowest BCUT2D eigenvalue weighted by Gasteiger charge is -2.17. The molecule has 0 radical (unpaired) electrons. The molecule has 2 aromatic rings. The van der Waals surface area contributed by atoms with Crippen LogP contribution in [0.4, 0.5) is 0 Å². The standard InChI is InChI=1S/C18H24N2O/c1-13-8-14(2)10-16(9-13)12-17(20-19)11-15-4-6-18(21-3)7-5-15/h4-10,17,20H,11-12,19H2,1-3H3. The van der Waals surface area contributed by atoms with Gasteiger partial charge in [-0.2, -0.15) is 0 Å². The highest BCUT2D eigenvalue weighted by atomic mass is 16.5. The van der Waals surface area contributed by atoms with Gasteiger partial charge in [-0.05, 0) is 49.9 Å². The molecular formula is C18H24N2O. The summed E-state index contributed by atoms with van der Waals surface area (Å²) in [6, 6.07) is 15.0. The number of aryl methyl sites for hydroxylation is 2. The Morgan fingerprint density at radius 2 is 1.52 bits per heavy atom. The van der Waals surface area contributed by atoms with Gasteiger partial charge >= 0.3 is 0 Å². The van der Waals surface area contributed by atoms with Crippen molar-refractivity contribution in [2.24, 2.45) is 5.84 Å². The molecule has 1 atom stereocenters. The van der Waals surface area contributed by atoms with Crippen LogP contribution in [0.25, 0.3) is 0 Å². The average molecular weight is 284 g/mol. The Morgan fingerprint density at radius 3 is 2.05 bits per heavy atom. The Bertz CT molecular complexity index is 558.